The van der Waals surface area contributed by atoms with Gasteiger partial charge in [0.1, 0.15) is 0 Å². The molecule has 1 saturated heterocycles. The second kappa shape index (κ2) is 7.21. The van der Waals surface area contributed by atoms with E-state index < -0.39 is 0 Å². The number of rotatable bonds is 7. The van der Waals surface area contributed by atoms with Gasteiger partial charge in [0.15, 0.2) is 0 Å². The third kappa shape index (κ3) is 4.94. The highest BCUT2D eigenvalue weighted by molar-refractivity contribution is 4.66. The molecule has 3 heteroatoms. The smallest absolute Gasteiger partial charge is 0.0588 e. The Morgan fingerprint density at radius 2 is 2.36 bits per heavy atom. The van der Waals surface area contributed by atoms with Crippen molar-refractivity contribution in [3.05, 3.63) is 0 Å². The van der Waals surface area contributed by atoms with Crippen LogP contribution in [0.3, 0.4) is 0 Å². The zero-order chi connectivity index (χ0) is 10.2. The van der Waals surface area contributed by atoms with E-state index in [-0.39, 0.29) is 0 Å². The van der Waals surface area contributed by atoms with E-state index in [9.17, 15) is 0 Å². The standard InChI is InChI=1S/C11H24N2O/c1-2-10(12)5-7-13-8-6-11-4-3-9-14-11/h10-11,13H,2-9,12H2,1H3. The van der Waals surface area contributed by atoms with Gasteiger partial charge in [-0.2, -0.15) is 0 Å². The van der Waals surface area contributed by atoms with Gasteiger partial charge < -0.3 is 15.8 Å². The van der Waals surface area contributed by atoms with Crippen LogP contribution in [0.4, 0.5) is 0 Å². The average molecular weight is 200 g/mol. The van der Waals surface area contributed by atoms with Crippen molar-refractivity contribution >= 4 is 0 Å². The minimum absolute atomic E-state index is 0.366. The molecule has 1 aliphatic heterocycles. The summed E-state index contributed by atoms with van der Waals surface area (Å²) < 4.78 is 5.54. The van der Waals surface area contributed by atoms with Crippen LogP contribution in [0.5, 0.6) is 0 Å². The lowest BCUT2D eigenvalue weighted by Crippen LogP contribution is -2.27. The maximum absolute atomic E-state index is 5.81. The zero-order valence-corrected chi connectivity index (χ0v) is 9.30. The summed E-state index contributed by atoms with van der Waals surface area (Å²) in [6, 6.07) is 0.366. The van der Waals surface area contributed by atoms with Gasteiger partial charge in [0.2, 0.25) is 0 Å². The van der Waals surface area contributed by atoms with Crippen molar-refractivity contribution < 1.29 is 4.74 Å². The summed E-state index contributed by atoms with van der Waals surface area (Å²) in [5.74, 6) is 0. The summed E-state index contributed by atoms with van der Waals surface area (Å²) >= 11 is 0. The third-order valence-electron chi connectivity index (χ3n) is 2.88. The van der Waals surface area contributed by atoms with Gasteiger partial charge in [-0.3, -0.25) is 0 Å². The van der Waals surface area contributed by atoms with E-state index in [2.05, 4.69) is 12.2 Å². The summed E-state index contributed by atoms with van der Waals surface area (Å²) in [5.41, 5.74) is 5.81. The van der Waals surface area contributed by atoms with E-state index in [0.717, 1.165) is 39.0 Å². The second-order valence-corrected chi connectivity index (χ2v) is 4.13. The van der Waals surface area contributed by atoms with Crippen LogP contribution in [-0.2, 0) is 4.74 Å². The summed E-state index contributed by atoms with van der Waals surface area (Å²) in [6.45, 7) is 5.21. The normalized spacial score (nSPS) is 24.0. The SMILES string of the molecule is CCC(N)CCNCCC1CCCO1. The highest BCUT2D eigenvalue weighted by Crippen LogP contribution is 2.14. The first-order valence-corrected chi connectivity index (χ1v) is 5.90. The first-order chi connectivity index (χ1) is 6.83. The number of nitrogens with two attached hydrogens (primary N) is 1. The van der Waals surface area contributed by atoms with Crippen LogP contribution in [0.15, 0.2) is 0 Å². The predicted molar refractivity (Wildman–Crippen MR) is 59.3 cm³/mol. The first kappa shape index (κ1) is 12.0. The predicted octanol–water partition coefficient (Wildman–Crippen LogP) is 1.27. The number of hydrogen-bond donors (Lipinski definition) is 2. The molecule has 0 spiro atoms. The lowest BCUT2D eigenvalue weighted by atomic mass is 10.1. The maximum Gasteiger partial charge on any atom is 0.0588 e. The fourth-order valence-corrected chi connectivity index (χ4v) is 1.75. The van der Waals surface area contributed by atoms with E-state index >= 15 is 0 Å². The third-order valence-corrected chi connectivity index (χ3v) is 2.88. The molecule has 1 fully saturated rings. The monoisotopic (exact) mass is 200 g/mol. The zero-order valence-electron chi connectivity index (χ0n) is 9.30. The molecule has 0 aromatic rings. The Labute approximate surface area is 87.4 Å². The van der Waals surface area contributed by atoms with Crippen molar-refractivity contribution in [2.75, 3.05) is 19.7 Å². The Balaban J connectivity index is 1.84. The second-order valence-electron chi connectivity index (χ2n) is 4.13. The molecule has 1 heterocycles. The van der Waals surface area contributed by atoms with Gasteiger partial charge in [-0.25, -0.2) is 0 Å². The van der Waals surface area contributed by atoms with Gasteiger partial charge in [0, 0.05) is 12.6 Å². The number of hydrogen-bond acceptors (Lipinski definition) is 3. The van der Waals surface area contributed by atoms with E-state index in [0.29, 0.717) is 12.1 Å². The van der Waals surface area contributed by atoms with Gasteiger partial charge in [0.05, 0.1) is 6.10 Å². The highest BCUT2D eigenvalue weighted by Gasteiger charge is 2.14. The molecule has 1 aliphatic rings. The van der Waals surface area contributed by atoms with E-state index in [4.69, 9.17) is 10.5 Å². The van der Waals surface area contributed by atoms with Crippen LogP contribution < -0.4 is 11.1 Å². The largest absolute Gasteiger partial charge is 0.378 e. The molecule has 0 radical (unpaired) electrons. The van der Waals surface area contributed by atoms with Crippen LogP contribution >= 0.6 is 0 Å². The highest BCUT2D eigenvalue weighted by atomic mass is 16.5. The molecule has 84 valence electrons. The van der Waals surface area contributed by atoms with Gasteiger partial charge in [-0.05, 0) is 45.2 Å². The topological polar surface area (TPSA) is 47.3 Å². The van der Waals surface area contributed by atoms with Crippen molar-refractivity contribution in [1.29, 1.82) is 0 Å². The van der Waals surface area contributed by atoms with Gasteiger partial charge in [0.25, 0.3) is 0 Å². The molecule has 0 aromatic heterocycles. The Morgan fingerprint density at radius 1 is 1.50 bits per heavy atom. The molecule has 1 rings (SSSR count). The molecular weight excluding hydrogens is 176 g/mol. The molecule has 3 N–H and O–H groups in total. The average Bonchev–Trinajstić information content (AvgIpc) is 2.69. The Hall–Kier alpha value is -0.120. The van der Waals surface area contributed by atoms with Crippen molar-refractivity contribution in [3.8, 4) is 0 Å². The summed E-state index contributed by atoms with van der Waals surface area (Å²) in [4.78, 5) is 0. The Morgan fingerprint density at radius 3 is 3.00 bits per heavy atom. The van der Waals surface area contributed by atoms with Crippen LogP contribution in [-0.4, -0.2) is 31.8 Å². The number of ether oxygens (including phenoxy) is 1. The Kier molecular flexibility index (Phi) is 6.15. The van der Waals surface area contributed by atoms with Gasteiger partial charge in [-0.15, -0.1) is 0 Å². The van der Waals surface area contributed by atoms with Crippen molar-refractivity contribution in [1.82, 2.24) is 5.32 Å². The maximum atomic E-state index is 5.81. The van der Waals surface area contributed by atoms with Crippen LogP contribution in [0.2, 0.25) is 0 Å². The van der Waals surface area contributed by atoms with Crippen LogP contribution in [0, 0.1) is 0 Å². The number of nitrogens with one attached hydrogen (secondary N) is 1. The molecule has 0 bridgehead atoms. The molecule has 0 aromatic carbocycles. The minimum atomic E-state index is 0.366. The molecule has 2 unspecified atom stereocenters. The quantitative estimate of drug-likeness (QED) is 0.608. The molecule has 3 nitrogen and oxygen atoms in total. The van der Waals surface area contributed by atoms with Crippen LogP contribution in [0.1, 0.15) is 39.0 Å². The van der Waals surface area contributed by atoms with E-state index in [1.165, 1.54) is 12.8 Å². The van der Waals surface area contributed by atoms with Gasteiger partial charge >= 0.3 is 0 Å². The van der Waals surface area contributed by atoms with Gasteiger partial charge in [-0.1, -0.05) is 6.92 Å². The minimum Gasteiger partial charge on any atom is -0.378 e. The molecular formula is C11H24N2O. The van der Waals surface area contributed by atoms with Crippen molar-refractivity contribution in [2.24, 2.45) is 5.73 Å². The lowest BCUT2D eigenvalue weighted by Gasteiger charge is -2.11. The molecule has 0 saturated carbocycles. The molecule has 14 heavy (non-hydrogen) atoms. The lowest BCUT2D eigenvalue weighted by molar-refractivity contribution is 0.104. The van der Waals surface area contributed by atoms with E-state index in [1.54, 1.807) is 0 Å². The summed E-state index contributed by atoms with van der Waals surface area (Å²) in [5, 5.41) is 3.42. The summed E-state index contributed by atoms with van der Waals surface area (Å²) in [7, 11) is 0. The fourth-order valence-electron chi connectivity index (χ4n) is 1.75. The molecule has 0 amide bonds. The summed E-state index contributed by atoms with van der Waals surface area (Å²) in [6.07, 6.45) is 6.32. The Bertz CT molecular complexity index is 135. The van der Waals surface area contributed by atoms with Crippen molar-refractivity contribution in [3.63, 3.8) is 0 Å². The first-order valence-electron chi connectivity index (χ1n) is 5.90. The van der Waals surface area contributed by atoms with E-state index in [1.807, 2.05) is 0 Å². The van der Waals surface area contributed by atoms with Crippen molar-refractivity contribution in [2.45, 2.75) is 51.2 Å². The molecule has 0 aliphatic carbocycles. The molecule has 2 atom stereocenters. The fraction of sp³-hybridized carbons (Fsp3) is 1.00. The van der Waals surface area contributed by atoms with Crippen LogP contribution in [0.25, 0.3) is 0 Å².